The zero-order valence-corrected chi connectivity index (χ0v) is 20.1. The molecule has 0 aromatic carbocycles. The molecular formula is C23H31N5O3S. The summed E-state index contributed by atoms with van der Waals surface area (Å²) in [6.07, 6.45) is 3.45. The minimum absolute atomic E-state index is 0.0498. The Morgan fingerprint density at radius 1 is 1.06 bits per heavy atom. The summed E-state index contributed by atoms with van der Waals surface area (Å²) in [6, 6.07) is 3.43. The molecule has 4 rings (SSSR count). The van der Waals surface area contributed by atoms with Gasteiger partial charge in [0.25, 0.3) is 11.8 Å². The van der Waals surface area contributed by atoms with Gasteiger partial charge in [0, 0.05) is 43.5 Å². The van der Waals surface area contributed by atoms with Crippen molar-refractivity contribution in [2.24, 2.45) is 23.8 Å². The standard InChI is InChI=1S/C23H31N5O3S/c1-22(2)17(23(22,3)4)21(31)28-11-8-14(9-12-28)20-24-15(13-32-20)18(29)25-26-19(30)16-7-6-10-27(16)5/h6-7,10,13-14,17H,8-9,11-12H2,1-5H3,(H,25,29)(H,26,30). The van der Waals surface area contributed by atoms with E-state index < -0.39 is 5.91 Å². The van der Waals surface area contributed by atoms with Gasteiger partial charge in [0.15, 0.2) is 0 Å². The maximum atomic E-state index is 13.0. The maximum absolute atomic E-state index is 13.0. The van der Waals surface area contributed by atoms with Crippen molar-refractivity contribution >= 4 is 29.1 Å². The van der Waals surface area contributed by atoms with Crippen LogP contribution in [0.3, 0.4) is 0 Å². The van der Waals surface area contributed by atoms with Crippen LogP contribution in [0.25, 0.3) is 0 Å². The van der Waals surface area contributed by atoms with Crippen molar-refractivity contribution in [2.75, 3.05) is 13.1 Å². The number of hydrogen-bond acceptors (Lipinski definition) is 5. The lowest BCUT2D eigenvalue weighted by atomic mass is 9.96. The minimum Gasteiger partial charge on any atom is -0.347 e. The van der Waals surface area contributed by atoms with Crippen LogP contribution in [0, 0.1) is 16.7 Å². The minimum atomic E-state index is -0.444. The molecule has 2 aliphatic rings. The van der Waals surface area contributed by atoms with Gasteiger partial charge in [-0.25, -0.2) is 4.98 Å². The summed E-state index contributed by atoms with van der Waals surface area (Å²) in [5, 5.41) is 2.62. The monoisotopic (exact) mass is 457 g/mol. The molecule has 172 valence electrons. The number of hydrazine groups is 1. The number of likely N-dealkylation sites (tertiary alicyclic amines) is 1. The Kier molecular flexibility index (Phi) is 5.65. The van der Waals surface area contributed by atoms with E-state index >= 15 is 0 Å². The lowest BCUT2D eigenvalue weighted by Crippen LogP contribution is -2.42. The summed E-state index contributed by atoms with van der Waals surface area (Å²) in [7, 11) is 1.76. The lowest BCUT2D eigenvalue weighted by Gasteiger charge is -2.31. The second-order valence-electron chi connectivity index (χ2n) is 9.96. The van der Waals surface area contributed by atoms with Gasteiger partial charge >= 0.3 is 0 Å². The predicted octanol–water partition coefficient (Wildman–Crippen LogP) is 2.94. The van der Waals surface area contributed by atoms with Gasteiger partial charge in [-0.15, -0.1) is 11.3 Å². The van der Waals surface area contributed by atoms with Crippen molar-refractivity contribution in [1.82, 2.24) is 25.3 Å². The zero-order chi connectivity index (χ0) is 23.3. The molecule has 32 heavy (non-hydrogen) atoms. The van der Waals surface area contributed by atoms with Gasteiger partial charge in [-0.05, 0) is 35.8 Å². The van der Waals surface area contributed by atoms with Gasteiger partial charge in [-0.3, -0.25) is 25.2 Å². The van der Waals surface area contributed by atoms with Gasteiger partial charge < -0.3 is 9.47 Å². The van der Waals surface area contributed by atoms with Crippen molar-refractivity contribution < 1.29 is 14.4 Å². The van der Waals surface area contributed by atoms with Crippen LogP contribution in [0.5, 0.6) is 0 Å². The van der Waals surface area contributed by atoms with Crippen LogP contribution in [0.4, 0.5) is 0 Å². The number of carbonyl (C=O) groups excluding carboxylic acids is 3. The molecule has 1 saturated carbocycles. The number of nitrogens with zero attached hydrogens (tertiary/aromatic N) is 3. The number of aromatic nitrogens is 2. The molecule has 1 aliphatic heterocycles. The number of hydrogen-bond donors (Lipinski definition) is 2. The average Bonchev–Trinajstić information content (AvgIpc) is 3.24. The molecule has 0 unspecified atom stereocenters. The smallest absolute Gasteiger partial charge is 0.289 e. The van der Waals surface area contributed by atoms with E-state index in [0.29, 0.717) is 5.69 Å². The normalized spacial score (nSPS) is 20.1. The van der Waals surface area contributed by atoms with Crippen LogP contribution in [0.1, 0.15) is 72.4 Å². The van der Waals surface area contributed by atoms with Crippen LogP contribution < -0.4 is 10.9 Å². The molecule has 9 heteroatoms. The fraction of sp³-hybridized carbons (Fsp3) is 0.565. The molecule has 3 heterocycles. The van der Waals surface area contributed by atoms with E-state index in [1.54, 1.807) is 35.3 Å². The van der Waals surface area contributed by atoms with Crippen molar-refractivity contribution in [3.63, 3.8) is 0 Å². The fourth-order valence-corrected chi connectivity index (χ4v) is 5.83. The predicted molar refractivity (Wildman–Crippen MR) is 122 cm³/mol. The quantitative estimate of drug-likeness (QED) is 0.690. The third-order valence-corrected chi connectivity index (χ3v) is 8.65. The molecule has 2 N–H and O–H groups in total. The highest BCUT2D eigenvalue weighted by Gasteiger charge is 2.68. The first kappa shape index (κ1) is 22.5. The van der Waals surface area contributed by atoms with E-state index in [1.165, 1.54) is 11.3 Å². The molecule has 2 aromatic heterocycles. The third kappa shape index (κ3) is 3.83. The van der Waals surface area contributed by atoms with Crippen LogP contribution >= 0.6 is 11.3 Å². The fourth-order valence-electron chi connectivity index (χ4n) is 4.86. The van der Waals surface area contributed by atoms with E-state index in [0.717, 1.165) is 30.9 Å². The molecule has 0 atom stereocenters. The molecule has 1 aliphatic carbocycles. The second kappa shape index (κ2) is 8.03. The van der Waals surface area contributed by atoms with E-state index in [-0.39, 0.29) is 40.2 Å². The number of rotatable bonds is 4. The van der Waals surface area contributed by atoms with Crippen molar-refractivity contribution in [1.29, 1.82) is 0 Å². The Bertz CT molecular complexity index is 1030. The molecule has 3 amide bonds. The van der Waals surface area contributed by atoms with Crippen molar-refractivity contribution in [3.05, 3.63) is 40.1 Å². The van der Waals surface area contributed by atoms with E-state index in [2.05, 4.69) is 43.5 Å². The first-order valence-corrected chi connectivity index (χ1v) is 11.9. The highest BCUT2D eigenvalue weighted by molar-refractivity contribution is 7.09. The summed E-state index contributed by atoms with van der Waals surface area (Å²) in [6.45, 7) is 10.1. The highest BCUT2D eigenvalue weighted by atomic mass is 32.1. The summed E-state index contributed by atoms with van der Waals surface area (Å²) >= 11 is 1.45. The summed E-state index contributed by atoms with van der Waals surface area (Å²) < 4.78 is 1.67. The number of aryl methyl sites for hydroxylation is 1. The Morgan fingerprint density at radius 3 is 2.25 bits per heavy atom. The third-order valence-electron chi connectivity index (χ3n) is 7.64. The number of carbonyl (C=O) groups is 3. The average molecular weight is 458 g/mol. The molecule has 2 fully saturated rings. The van der Waals surface area contributed by atoms with Crippen LogP contribution in [0.15, 0.2) is 23.7 Å². The number of thiazole rings is 1. The SMILES string of the molecule is Cn1cccc1C(=O)NNC(=O)c1csc(C2CCN(C(=O)C3C(C)(C)C3(C)C)CC2)n1. The van der Waals surface area contributed by atoms with Gasteiger partial charge in [-0.2, -0.15) is 0 Å². The summed E-state index contributed by atoms with van der Waals surface area (Å²) in [5.41, 5.74) is 5.68. The zero-order valence-electron chi connectivity index (χ0n) is 19.3. The molecule has 0 radical (unpaired) electrons. The Balaban J connectivity index is 1.29. The van der Waals surface area contributed by atoms with Gasteiger partial charge in [0.2, 0.25) is 5.91 Å². The van der Waals surface area contributed by atoms with Gasteiger partial charge in [0.1, 0.15) is 11.4 Å². The number of piperidine rings is 1. The van der Waals surface area contributed by atoms with E-state index in [1.807, 2.05) is 4.90 Å². The van der Waals surface area contributed by atoms with E-state index in [4.69, 9.17) is 0 Å². The van der Waals surface area contributed by atoms with Crippen molar-refractivity contribution in [3.8, 4) is 0 Å². The van der Waals surface area contributed by atoms with Crippen LogP contribution in [-0.4, -0.2) is 45.3 Å². The number of nitrogens with one attached hydrogen (secondary N) is 2. The topological polar surface area (TPSA) is 96.3 Å². The van der Waals surface area contributed by atoms with Crippen molar-refractivity contribution in [2.45, 2.75) is 46.5 Å². The Hall–Kier alpha value is -2.68. The number of amides is 3. The Morgan fingerprint density at radius 2 is 1.69 bits per heavy atom. The summed E-state index contributed by atoms with van der Waals surface area (Å²) in [5.74, 6) is -0.232. The molecule has 0 spiro atoms. The van der Waals surface area contributed by atoms with E-state index in [9.17, 15) is 14.4 Å². The van der Waals surface area contributed by atoms with Gasteiger partial charge in [0.05, 0.1) is 5.01 Å². The second-order valence-corrected chi connectivity index (χ2v) is 10.8. The largest absolute Gasteiger partial charge is 0.347 e. The molecule has 1 saturated heterocycles. The first-order chi connectivity index (χ1) is 15.0. The summed E-state index contributed by atoms with van der Waals surface area (Å²) in [4.78, 5) is 44.0. The first-order valence-electron chi connectivity index (χ1n) is 11.0. The highest BCUT2D eigenvalue weighted by Crippen LogP contribution is 2.68. The molecule has 2 aromatic rings. The van der Waals surface area contributed by atoms with Crippen LogP contribution in [0.2, 0.25) is 0 Å². The molecular weight excluding hydrogens is 426 g/mol. The lowest BCUT2D eigenvalue weighted by molar-refractivity contribution is -0.134. The molecule has 0 bridgehead atoms. The molecule has 8 nitrogen and oxygen atoms in total. The van der Waals surface area contributed by atoms with Crippen LogP contribution in [-0.2, 0) is 11.8 Å². The van der Waals surface area contributed by atoms with Gasteiger partial charge in [-0.1, -0.05) is 27.7 Å². The Labute approximate surface area is 192 Å². The maximum Gasteiger partial charge on any atom is 0.289 e.